The molecule has 18 heavy (non-hydrogen) atoms. The minimum atomic E-state index is 0.190. The average Bonchev–Trinajstić information content (AvgIpc) is 2.39. The summed E-state index contributed by atoms with van der Waals surface area (Å²) in [7, 11) is 1.93. The molecule has 1 aromatic rings. The second-order valence-corrected chi connectivity index (χ2v) is 4.58. The Hall–Kier alpha value is -1.57. The summed E-state index contributed by atoms with van der Waals surface area (Å²) in [4.78, 5) is 2.26. The van der Waals surface area contributed by atoms with Crippen LogP contribution in [0.5, 0.6) is 0 Å². The molecule has 4 nitrogen and oxygen atoms in total. The number of anilines is 1. The molecule has 1 unspecified atom stereocenters. The zero-order chi connectivity index (χ0) is 13.0. The van der Waals surface area contributed by atoms with Crippen molar-refractivity contribution in [3.63, 3.8) is 0 Å². The summed E-state index contributed by atoms with van der Waals surface area (Å²) < 4.78 is 5.70. The SMILES string of the molecule is CNCC1CN(c2c(C)cccc2C#N)CCO1. The van der Waals surface area contributed by atoms with Gasteiger partial charge in [-0.25, -0.2) is 0 Å². The highest BCUT2D eigenvalue weighted by Crippen LogP contribution is 2.26. The Balaban J connectivity index is 2.23. The molecule has 0 spiro atoms. The van der Waals surface area contributed by atoms with Gasteiger partial charge < -0.3 is 15.0 Å². The van der Waals surface area contributed by atoms with Gasteiger partial charge in [0.2, 0.25) is 0 Å². The first-order valence-corrected chi connectivity index (χ1v) is 6.27. The third-order valence-electron chi connectivity index (χ3n) is 3.25. The van der Waals surface area contributed by atoms with E-state index in [1.165, 1.54) is 0 Å². The van der Waals surface area contributed by atoms with Crippen LogP contribution in [-0.4, -0.2) is 39.4 Å². The van der Waals surface area contributed by atoms with E-state index in [1.807, 2.05) is 19.2 Å². The molecule has 96 valence electrons. The summed E-state index contributed by atoms with van der Waals surface area (Å²) in [5.74, 6) is 0. The summed E-state index contributed by atoms with van der Waals surface area (Å²) in [6, 6.07) is 8.15. The summed E-state index contributed by atoms with van der Waals surface area (Å²) in [6.07, 6.45) is 0.190. The lowest BCUT2D eigenvalue weighted by Crippen LogP contribution is -2.46. The number of hydrogen-bond acceptors (Lipinski definition) is 4. The second kappa shape index (κ2) is 5.85. The van der Waals surface area contributed by atoms with Gasteiger partial charge in [0, 0.05) is 19.6 Å². The van der Waals surface area contributed by atoms with Crippen LogP contribution < -0.4 is 10.2 Å². The maximum absolute atomic E-state index is 9.22. The van der Waals surface area contributed by atoms with Gasteiger partial charge in [-0.3, -0.25) is 0 Å². The van der Waals surface area contributed by atoms with Gasteiger partial charge in [-0.2, -0.15) is 5.26 Å². The van der Waals surface area contributed by atoms with Crippen molar-refractivity contribution in [1.29, 1.82) is 5.26 Å². The fourth-order valence-corrected chi connectivity index (χ4v) is 2.44. The highest BCUT2D eigenvalue weighted by Gasteiger charge is 2.22. The van der Waals surface area contributed by atoms with E-state index in [0.717, 1.165) is 36.4 Å². The van der Waals surface area contributed by atoms with E-state index in [2.05, 4.69) is 29.3 Å². The number of nitrogens with zero attached hydrogens (tertiary/aromatic N) is 2. The number of ether oxygens (including phenoxy) is 1. The van der Waals surface area contributed by atoms with Gasteiger partial charge in [-0.1, -0.05) is 12.1 Å². The number of likely N-dealkylation sites (N-methyl/N-ethyl adjacent to an activating group) is 1. The van der Waals surface area contributed by atoms with Gasteiger partial charge >= 0.3 is 0 Å². The Labute approximate surface area is 108 Å². The van der Waals surface area contributed by atoms with Crippen LogP contribution in [0.2, 0.25) is 0 Å². The van der Waals surface area contributed by atoms with E-state index in [1.54, 1.807) is 0 Å². The topological polar surface area (TPSA) is 48.3 Å². The lowest BCUT2D eigenvalue weighted by molar-refractivity contribution is 0.0421. The van der Waals surface area contributed by atoms with E-state index in [9.17, 15) is 5.26 Å². The number of para-hydroxylation sites is 1. The number of benzene rings is 1. The van der Waals surface area contributed by atoms with Crippen molar-refractivity contribution in [2.24, 2.45) is 0 Å². The van der Waals surface area contributed by atoms with Crippen molar-refractivity contribution in [1.82, 2.24) is 5.32 Å². The summed E-state index contributed by atoms with van der Waals surface area (Å²) >= 11 is 0. The number of hydrogen-bond donors (Lipinski definition) is 1. The minimum Gasteiger partial charge on any atom is -0.373 e. The molecule has 1 N–H and O–H groups in total. The molecule has 1 saturated heterocycles. The van der Waals surface area contributed by atoms with Gasteiger partial charge in [0.15, 0.2) is 0 Å². The first kappa shape index (κ1) is 12.9. The normalized spacial score (nSPS) is 19.6. The molecule has 1 aromatic carbocycles. The van der Waals surface area contributed by atoms with E-state index in [4.69, 9.17) is 4.74 Å². The predicted octanol–water partition coefficient (Wildman–Crippen LogP) is 1.29. The third-order valence-corrected chi connectivity index (χ3v) is 3.25. The lowest BCUT2D eigenvalue weighted by atomic mass is 10.1. The molecule has 0 radical (unpaired) electrons. The maximum Gasteiger partial charge on any atom is 0.101 e. The van der Waals surface area contributed by atoms with Crippen LogP contribution in [0.1, 0.15) is 11.1 Å². The zero-order valence-corrected chi connectivity index (χ0v) is 10.9. The average molecular weight is 245 g/mol. The van der Waals surface area contributed by atoms with Crippen molar-refractivity contribution in [2.45, 2.75) is 13.0 Å². The highest BCUT2D eigenvalue weighted by molar-refractivity contribution is 5.64. The first-order valence-electron chi connectivity index (χ1n) is 6.27. The van der Waals surface area contributed by atoms with Crippen molar-refractivity contribution in [3.05, 3.63) is 29.3 Å². The van der Waals surface area contributed by atoms with Crippen LogP contribution in [0.15, 0.2) is 18.2 Å². The molecule has 0 aliphatic carbocycles. The van der Waals surface area contributed by atoms with Crippen LogP contribution in [0.4, 0.5) is 5.69 Å². The van der Waals surface area contributed by atoms with Crippen LogP contribution in [0.25, 0.3) is 0 Å². The van der Waals surface area contributed by atoms with Crippen molar-refractivity contribution >= 4 is 5.69 Å². The molecule has 1 fully saturated rings. The molecule has 0 bridgehead atoms. The standard InChI is InChI=1S/C14H19N3O/c1-11-4-3-5-12(8-15)14(11)17-6-7-18-13(10-17)9-16-2/h3-5,13,16H,6-7,9-10H2,1-2H3. The Morgan fingerprint density at radius 3 is 3.11 bits per heavy atom. The first-order chi connectivity index (χ1) is 8.76. The number of aryl methyl sites for hydroxylation is 1. The largest absolute Gasteiger partial charge is 0.373 e. The monoisotopic (exact) mass is 245 g/mol. The van der Waals surface area contributed by atoms with Gasteiger partial charge in [0.25, 0.3) is 0 Å². The van der Waals surface area contributed by atoms with Crippen molar-refractivity contribution < 1.29 is 4.74 Å². The molecule has 2 rings (SSSR count). The van der Waals surface area contributed by atoms with Gasteiger partial charge in [0.1, 0.15) is 6.07 Å². The Bertz CT molecular complexity index is 451. The van der Waals surface area contributed by atoms with Gasteiger partial charge in [0.05, 0.1) is 24.0 Å². The van der Waals surface area contributed by atoms with E-state index < -0.39 is 0 Å². The third kappa shape index (κ3) is 2.63. The van der Waals surface area contributed by atoms with Crippen molar-refractivity contribution in [2.75, 3.05) is 38.2 Å². The molecule has 1 aliphatic rings. The maximum atomic E-state index is 9.22. The number of rotatable bonds is 3. The van der Waals surface area contributed by atoms with Gasteiger partial charge in [-0.05, 0) is 25.6 Å². The number of morpholine rings is 1. The van der Waals surface area contributed by atoms with Crippen LogP contribution in [-0.2, 0) is 4.74 Å². The fraction of sp³-hybridized carbons (Fsp3) is 0.500. The van der Waals surface area contributed by atoms with E-state index >= 15 is 0 Å². The number of nitriles is 1. The van der Waals surface area contributed by atoms with Crippen LogP contribution >= 0.6 is 0 Å². The van der Waals surface area contributed by atoms with Gasteiger partial charge in [-0.15, -0.1) is 0 Å². The molecule has 1 atom stereocenters. The molecule has 0 amide bonds. The van der Waals surface area contributed by atoms with E-state index in [-0.39, 0.29) is 6.10 Å². The Kier molecular flexibility index (Phi) is 4.19. The second-order valence-electron chi connectivity index (χ2n) is 4.58. The van der Waals surface area contributed by atoms with Crippen LogP contribution in [0.3, 0.4) is 0 Å². The summed E-state index contributed by atoms with van der Waals surface area (Å²) in [5, 5.41) is 12.4. The molecular weight excluding hydrogens is 226 g/mol. The van der Waals surface area contributed by atoms with Crippen LogP contribution in [0, 0.1) is 18.3 Å². The fourth-order valence-electron chi connectivity index (χ4n) is 2.44. The Morgan fingerprint density at radius 2 is 2.39 bits per heavy atom. The molecule has 0 saturated carbocycles. The van der Waals surface area contributed by atoms with E-state index in [0.29, 0.717) is 6.61 Å². The quantitative estimate of drug-likeness (QED) is 0.872. The van der Waals surface area contributed by atoms with Crippen molar-refractivity contribution in [3.8, 4) is 6.07 Å². The Morgan fingerprint density at radius 1 is 1.56 bits per heavy atom. The highest BCUT2D eigenvalue weighted by atomic mass is 16.5. The molecular formula is C14H19N3O. The molecule has 4 heteroatoms. The lowest BCUT2D eigenvalue weighted by Gasteiger charge is -2.35. The zero-order valence-electron chi connectivity index (χ0n) is 10.9. The minimum absolute atomic E-state index is 0.190. The smallest absolute Gasteiger partial charge is 0.101 e. The molecule has 1 heterocycles. The molecule has 1 aliphatic heterocycles. The summed E-state index contributed by atoms with van der Waals surface area (Å²) in [6.45, 7) is 5.29. The predicted molar refractivity (Wildman–Crippen MR) is 71.8 cm³/mol. The molecule has 0 aromatic heterocycles. The number of nitrogens with one attached hydrogen (secondary N) is 1. The summed E-state index contributed by atoms with van der Waals surface area (Å²) in [5.41, 5.74) is 2.96.